The lowest BCUT2D eigenvalue weighted by atomic mass is 9.92. The Morgan fingerprint density at radius 2 is 1.72 bits per heavy atom. The number of hydrogen-bond donors (Lipinski definition) is 0. The van der Waals surface area contributed by atoms with Crippen LogP contribution < -0.4 is 9.74 Å². The topological polar surface area (TPSA) is 70.9 Å². The number of imidazole rings is 1. The molecule has 2 amide bonds. The lowest BCUT2D eigenvalue weighted by Gasteiger charge is -2.34. The standard InChI is InChI=1S/C25H24BrCl2N5O3/c1-16(34)30-7-9-31(10-8-30)36-22-15-29-24-32(21-12-19(27)11-20(28)13-21)23(35)25(2,33(22)24)14-17-3-5-18(26)6-4-17/h3-6,11-13,15H,7-10,14H2,1-2H3/t25-/m1/s1. The molecule has 3 aromatic rings. The Morgan fingerprint density at radius 3 is 2.33 bits per heavy atom. The molecule has 2 aromatic carbocycles. The quantitative estimate of drug-likeness (QED) is 0.415. The molecule has 0 aliphatic carbocycles. The van der Waals surface area contributed by atoms with Crippen molar-refractivity contribution in [1.29, 1.82) is 0 Å². The molecule has 1 atom stereocenters. The molecule has 36 heavy (non-hydrogen) atoms. The van der Waals surface area contributed by atoms with Crippen LogP contribution in [0.25, 0.3) is 0 Å². The van der Waals surface area contributed by atoms with Crippen molar-refractivity contribution in [1.82, 2.24) is 19.5 Å². The molecule has 2 aliphatic heterocycles. The Hall–Kier alpha value is -2.59. The fourth-order valence-corrected chi connectivity index (χ4v) is 5.50. The van der Waals surface area contributed by atoms with Gasteiger partial charge in [0.15, 0.2) is 0 Å². The fourth-order valence-electron chi connectivity index (χ4n) is 4.72. The molecule has 0 unspecified atom stereocenters. The van der Waals surface area contributed by atoms with E-state index < -0.39 is 5.54 Å². The lowest BCUT2D eigenvalue weighted by Crippen LogP contribution is -2.49. The second-order valence-corrected chi connectivity index (χ2v) is 10.9. The van der Waals surface area contributed by atoms with Crippen molar-refractivity contribution in [3.63, 3.8) is 0 Å². The number of piperazine rings is 1. The molecule has 5 rings (SSSR count). The average molecular weight is 593 g/mol. The van der Waals surface area contributed by atoms with Gasteiger partial charge in [-0.3, -0.25) is 14.2 Å². The number of hydrogen-bond acceptors (Lipinski definition) is 5. The van der Waals surface area contributed by atoms with Gasteiger partial charge in [-0.05, 0) is 42.8 Å². The molecule has 8 nitrogen and oxygen atoms in total. The van der Waals surface area contributed by atoms with Crippen molar-refractivity contribution in [2.75, 3.05) is 31.1 Å². The lowest BCUT2D eigenvalue weighted by molar-refractivity contribution is -0.139. The summed E-state index contributed by atoms with van der Waals surface area (Å²) in [7, 11) is 0. The highest BCUT2D eigenvalue weighted by molar-refractivity contribution is 9.10. The van der Waals surface area contributed by atoms with Crippen LogP contribution in [0.4, 0.5) is 11.6 Å². The number of hydroxylamine groups is 2. The van der Waals surface area contributed by atoms with Crippen molar-refractivity contribution in [2.45, 2.75) is 25.8 Å². The van der Waals surface area contributed by atoms with Gasteiger partial charge in [-0.1, -0.05) is 51.3 Å². The number of aromatic nitrogens is 2. The third kappa shape index (κ3) is 4.61. The molecule has 1 fully saturated rings. The van der Waals surface area contributed by atoms with Gasteiger partial charge in [0.25, 0.3) is 5.91 Å². The number of carbonyl (C=O) groups is 2. The largest absolute Gasteiger partial charge is 0.386 e. The Labute approximate surface area is 227 Å². The van der Waals surface area contributed by atoms with Crippen LogP contribution in [0.5, 0.6) is 5.88 Å². The zero-order valence-electron chi connectivity index (χ0n) is 19.7. The summed E-state index contributed by atoms with van der Waals surface area (Å²) in [4.78, 5) is 39.9. The third-order valence-electron chi connectivity index (χ3n) is 6.54. The maximum atomic E-state index is 14.1. The van der Waals surface area contributed by atoms with Crippen LogP contribution >= 0.6 is 39.1 Å². The minimum Gasteiger partial charge on any atom is -0.386 e. The molecular formula is C25H24BrCl2N5O3. The highest BCUT2D eigenvalue weighted by atomic mass is 79.9. The van der Waals surface area contributed by atoms with Crippen molar-refractivity contribution in [2.24, 2.45) is 0 Å². The van der Waals surface area contributed by atoms with Crippen molar-refractivity contribution in [3.05, 3.63) is 68.7 Å². The van der Waals surface area contributed by atoms with Gasteiger partial charge >= 0.3 is 0 Å². The second-order valence-electron chi connectivity index (χ2n) is 9.10. The second kappa shape index (κ2) is 9.70. The highest BCUT2D eigenvalue weighted by Gasteiger charge is 2.51. The van der Waals surface area contributed by atoms with Crippen LogP contribution in [0.2, 0.25) is 10.0 Å². The SMILES string of the molecule is CC(=O)N1CCN(Oc2cnc3n2[C@](C)(Cc2ccc(Br)cc2)C(=O)N3c2cc(Cl)cc(Cl)c2)CC1. The minimum absolute atomic E-state index is 0.0448. The molecule has 188 valence electrons. The van der Waals surface area contributed by atoms with Gasteiger partial charge < -0.3 is 9.74 Å². The molecule has 0 radical (unpaired) electrons. The van der Waals surface area contributed by atoms with E-state index in [0.717, 1.165) is 10.0 Å². The molecule has 1 saturated heterocycles. The summed E-state index contributed by atoms with van der Waals surface area (Å²) in [6.07, 6.45) is 2.04. The van der Waals surface area contributed by atoms with E-state index >= 15 is 0 Å². The van der Waals surface area contributed by atoms with Crippen LogP contribution in [-0.2, 0) is 21.5 Å². The number of halogens is 3. The van der Waals surface area contributed by atoms with E-state index in [-0.39, 0.29) is 11.8 Å². The zero-order chi connectivity index (χ0) is 25.6. The van der Waals surface area contributed by atoms with Gasteiger partial charge in [0, 0.05) is 41.0 Å². The molecule has 3 heterocycles. The van der Waals surface area contributed by atoms with Crippen molar-refractivity contribution >= 4 is 62.6 Å². The Kier molecular flexibility index (Phi) is 6.76. The molecule has 1 aromatic heterocycles. The predicted octanol–water partition coefficient (Wildman–Crippen LogP) is 5.05. The van der Waals surface area contributed by atoms with Crippen LogP contribution in [0.15, 0.2) is 53.1 Å². The Bertz CT molecular complexity index is 1300. The summed E-state index contributed by atoms with van der Waals surface area (Å²) in [5.41, 5.74) is 0.497. The molecule has 0 spiro atoms. The summed E-state index contributed by atoms with van der Waals surface area (Å²) in [5.74, 6) is 0.752. The number of amides is 2. The van der Waals surface area contributed by atoms with E-state index in [1.54, 1.807) is 41.3 Å². The molecule has 2 aliphatic rings. The smallest absolute Gasteiger partial charge is 0.260 e. The van der Waals surface area contributed by atoms with Gasteiger partial charge in [-0.15, -0.1) is 5.06 Å². The summed E-state index contributed by atoms with van der Waals surface area (Å²) in [6, 6.07) is 12.9. The number of nitrogens with zero attached hydrogens (tertiary/aromatic N) is 5. The number of benzene rings is 2. The number of carbonyl (C=O) groups excluding carboxylic acids is 2. The molecule has 0 saturated carbocycles. The van der Waals surface area contributed by atoms with E-state index in [1.165, 1.54) is 4.90 Å². The predicted molar refractivity (Wildman–Crippen MR) is 142 cm³/mol. The first-order valence-electron chi connectivity index (χ1n) is 11.5. The van der Waals surface area contributed by atoms with Crippen LogP contribution in [0.3, 0.4) is 0 Å². The van der Waals surface area contributed by atoms with E-state index in [9.17, 15) is 9.59 Å². The highest BCUT2D eigenvalue weighted by Crippen LogP contribution is 2.45. The van der Waals surface area contributed by atoms with Crippen LogP contribution in [-0.4, -0.2) is 57.5 Å². The summed E-state index contributed by atoms with van der Waals surface area (Å²) < 4.78 is 2.80. The van der Waals surface area contributed by atoms with Crippen LogP contribution in [0.1, 0.15) is 19.4 Å². The van der Waals surface area contributed by atoms with Gasteiger partial charge in [0.1, 0.15) is 5.54 Å². The summed E-state index contributed by atoms with van der Waals surface area (Å²) in [5, 5.41) is 2.64. The number of fused-ring (bicyclic) bond motifs is 1. The van der Waals surface area contributed by atoms with E-state index in [2.05, 4.69) is 20.9 Å². The molecule has 11 heteroatoms. The van der Waals surface area contributed by atoms with E-state index in [0.29, 0.717) is 60.2 Å². The summed E-state index contributed by atoms with van der Waals surface area (Å²) in [6.45, 7) is 5.68. The Balaban J connectivity index is 1.53. The summed E-state index contributed by atoms with van der Waals surface area (Å²) >= 11 is 16.0. The third-order valence-corrected chi connectivity index (χ3v) is 7.51. The van der Waals surface area contributed by atoms with Gasteiger partial charge in [0.2, 0.25) is 17.7 Å². The van der Waals surface area contributed by atoms with E-state index in [1.807, 2.05) is 35.8 Å². The van der Waals surface area contributed by atoms with Gasteiger partial charge in [-0.25, -0.2) is 9.88 Å². The van der Waals surface area contributed by atoms with E-state index in [4.69, 9.17) is 28.0 Å². The minimum atomic E-state index is -1.02. The normalized spacial score (nSPS) is 20.1. The average Bonchev–Trinajstić information content (AvgIpc) is 3.32. The number of anilines is 2. The van der Waals surface area contributed by atoms with Crippen molar-refractivity contribution < 1.29 is 14.4 Å². The fraction of sp³-hybridized carbons (Fsp3) is 0.320. The van der Waals surface area contributed by atoms with Crippen LogP contribution in [0, 0.1) is 0 Å². The zero-order valence-corrected chi connectivity index (χ0v) is 22.8. The van der Waals surface area contributed by atoms with Gasteiger partial charge in [0.05, 0.1) is 25.0 Å². The van der Waals surface area contributed by atoms with Crippen molar-refractivity contribution in [3.8, 4) is 5.88 Å². The first kappa shape index (κ1) is 25.1. The molecule has 0 bridgehead atoms. The first-order chi connectivity index (χ1) is 17.2. The van der Waals surface area contributed by atoms with Gasteiger partial charge in [-0.2, -0.15) is 0 Å². The number of rotatable bonds is 5. The Morgan fingerprint density at radius 1 is 1.08 bits per heavy atom. The maximum Gasteiger partial charge on any atom is 0.260 e. The molecule has 0 N–H and O–H groups in total. The molecular weight excluding hydrogens is 569 g/mol. The first-order valence-corrected chi connectivity index (χ1v) is 13.0. The monoisotopic (exact) mass is 591 g/mol. The maximum absolute atomic E-state index is 14.1.